The molecule has 2 rings (SSSR count). The number of amides is 1. The fourth-order valence-corrected chi connectivity index (χ4v) is 1.64. The third-order valence-electron chi connectivity index (χ3n) is 3.00. The molecule has 118 valence electrons. The van der Waals surface area contributed by atoms with Crippen molar-refractivity contribution in [2.45, 2.75) is 18.4 Å². The number of hydrogen-bond acceptors (Lipinski definition) is 4. The number of esters is 1. The molecule has 0 radical (unpaired) electrons. The van der Waals surface area contributed by atoms with Gasteiger partial charge in [0.2, 0.25) is 0 Å². The average molecular weight is 311 g/mol. The predicted molar refractivity (Wildman–Crippen MR) is 73.9 cm³/mol. The minimum atomic E-state index is -2.75. The van der Waals surface area contributed by atoms with Crippen LogP contribution in [0.5, 0.6) is 5.75 Å². The zero-order chi connectivity index (χ0) is 16.2. The first-order chi connectivity index (χ1) is 10.4. The van der Waals surface area contributed by atoms with Gasteiger partial charge in [0.15, 0.2) is 6.10 Å². The standard InChI is InChI=1S/C15H15F2NO4/c1-21-13(19)3-2-8-18-14(20)10-4-6-11(7-5-10)22-12-9-15(12,16)17/h2-7,12H,8-9H2,1H3,(H,18,20)/b3-2+. The second kappa shape index (κ2) is 6.55. The van der Waals surface area contributed by atoms with Gasteiger partial charge in [-0.1, -0.05) is 6.08 Å². The molecule has 1 aliphatic carbocycles. The SMILES string of the molecule is COC(=O)/C=C/CNC(=O)c1ccc(OC2CC2(F)F)cc1. The van der Waals surface area contributed by atoms with Gasteiger partial charge in [-0.15, -0.1) is 0 Å². The number of benzene rings is 1. The third-order valence-corrected chi connectivity index (χ3v) is 3.00. The summed E-state index contributed by atoms with van der Waals surface area (Å²) in [6.07, 6.45) is 1.31. The summed E-state index contributed by atoms with van der Waals surface area (Å²) in [7, 11) is 1.26. The van der Waals surface area contributed by atoms with E-state index in [1.54, 1.807) is 0 Å². The zero-order valence-corrected chi connectivity index (χ0v) is 11.8. The minimum Gasteiger partial charge on any atom is -0.484 e. The summed E-state index contributed by atoms with van der Waals surface area (Å²) in [6.45, 7) is 0.167. The Kier molecular flexibility index (Phi) is 4.75. The fraction of sp³-hybridized carbons (Fsp3) is 0.333. The van der Waals surface area contributed by atoms with Crippen LogP contribution in [-0.2, 0) is 9.53 Å². The van der Waals surface area contributed by atoms with Gasteiger partial charge in [-0.2, -0.15) is 0 Å². The minimum absolute atomic E-state index is 0.167. The first-order valence-corrected chi connectivity index (χ1v) is 6.59. The molecule has 1 aromatic rings. The summed E-state index contributed by atoms with van der Waals surface area (Å²) >= 11 is 0. The summed E-state index contributed by atoms with van der Waals surface area (Å²) in [5, 5.41) is 2.57. The van der Waals surface area contributed by atoms with E-state index in [9.17, 15) is 18.4 Å². The molecule has 1 amide bonds. The largest absolute Gasteiger partial charge is 0.484 e. The molecule has 1 aromatic carbocycles. The summed E-state index contributed by atoms with van der Waals surface area (Å²) < 4.78 is 34.9. The summed E-state index contributed by atoms with van der Waals surface area (Å²) in [5.41, 5.74) is 0.362. The number of nitrogens with one attached hydrogen (secondary N) is 1. The molecule has 1 N–H and O–H groups in total. The van der Waals surface area contributed by atoms with Crippen LogP contribution in [0, 0.1) is 0 Å². The van der Waals surface area contributed by atoms with Crippen LogP contribution in [0.1, 0.15) is 16.8 Å². The second-order valence-electron chi connectivity index (χ2n) is 4.73. The lowest BCUT2D eigenvalue weighted by atomic mass is 10.2. The molecule has 1 atom stereocenters. The third kappa shape index (κ3) is 4.28. The highest BCUT2D eigenvalue weighted by molar-refractivity contribution is 5.94. The van der Waals surface area contributed by atoms with Crippen molar-refractivity contribution in [1.82, 2.24) is 5.32 Å². The maximum Gasteiger partial charge on any atom is 0.330 e. The van der Waals surface area contributed by atoms with Gasteiger partial charge in [0.05, 0.1) is 13.5 Å². The van der Waals surface area contributed by atoms with Gasteiger partial charge in [0.25, 0.3) is 11.8 Å². The molecule has 0 saturated heterocycles. The van der Waals surface area contributed by atoms with Crippen molar-refractivity contribution in [2.24, 2.45) is 0 Å². The van der Waals surface area contributed by atoms with Crippen molar-refractivity contribution in [3.8, 4) is 5.75 Å². The summed E-state index contributed by atoms with van der Waals surface area (Å²) in [6, 6.07) is 5.89. The Morgan fingerprint density at radius 3 is 2.55 bits per heavy atom. The molecule has 22 heavy (non-hydrogen) atoms. The molecule has 0 spiro atoms. The normalized spacial score (nSPS) is 18.8. The van der Waals surface area contributed by atoms with Gasteiger partial charge in [-0.25, -0.2) is 13.6 Å². The smallest absolute Gasteiger partial charge is 0.330 e. The van der Waals surface area contributed by atoms with Gasteiger partial charge >= 0.3 is 5.97 Å². The van der Waals surface area contributed by atoms with E-state index in [2.05, 4.69) is 10.1 Å². The van der Waals surface area contributed by atoms with E-state index in [4.69, 9.17) is 4.74 Å². The molecule has 5 nitrogen and oxygen atoms in total. The molecule has 1 fully saturated rings. The lowest BCUT2D eigenvalue weighted by molar-refractivity contribution is -0.134. The van der Waals surface area contributed by atoms with Gasteiger partial charge in [-0.05, 0) is 24.3 Å². The molecule has 0 heterocycles. The first kappa shape index (κ1) is 15.9. The lowest BCUT2D eigenvalue weighted by Crippen LogP contribution is -2.23. The van der Waals surface area contributed by atoms with Crippen molar-refractivity contribution in [1.29, 1.82) is 0 Å². The van der Waals surface area contributed by atoms with Crippen LogP contribution in [0.3, 0.4) is 0 Å². The van der Waals surface area contributed by atoms with Gasteiger partial charge in [0, 0.05) is 18.2 Å². The van der Waals surface area contributed by atoms with E-state index in [0.29, 0.717) is 11.3 Å². The van der Waals surface area contributed by atoms with Crippen LogP contribution >= 0.6 is 0 Å². The van der Waals surface area contributed by atoms with E-state index < -0.39 is 18.0 Å². The molecule has 0 bridgehead atoms. The van der Waals surface area contributed by atoms with E-state index in [1.807, 2.05) is 0 Å². The predicted octanol–water partition coefficient (Wildman–Crippen LogP) is 1.93. The monoisotopic (exact) mass is 311 g/mol. The zero-order valence-electron chi connectivity index (χ0n) is 11.8. The van der Waals surface area contributed by atoms with E-state index >= 15 is 0 Å². The number of carbonyl (C=O) groups excluding carboxylic acids is 2. The highest BCUT2D eigenvalue weighted by atomic mass is 19.3. The Morgan fingerprint density at radius 2 is 2.00 bits per heavy atom. The van der Waals surface area contributed by atoms with E-state index in [-0.39, 0.29) is 18.9 Å². The van der Waals surface area contributed by atoms with Crippen LogP contribution in [0.2, 0.25) is 0 Å². The quantitative estimate of drug-likeness (QED) is 0.644. The molecular weight excluding hydrogens is 296 g/mol. The van der Waals surface area contributed by atoms with Gasteiger partial charge < -0.3 is 14.8 Å². The van der Waals surface area contributed by atoms with E-state index in [0.717, 1.165) is 0 Å². The number of alkyl halides is 2. The van der Waals surface area contributed by atoms with Gasteiger partial charge in [0.1, 0.15) is 5.75 Å². The van der Waals surface area contributed by atoms with Crippen LogP contribution in [0.25, 0.3) is 0 Å². The number of carbonyl (C=O) groups is 2. The van der Waals surface area contributed by atoms with Crippen molar-refractivity contribution >= 4 is 11.9 Å². The molecule has 0 aromatic heterocycles. The van der Waals surface area contributed by atoms with Crippen molar-refractivity contribution < 1.29 is 27.8 Å². The number of rotatable bonds is 6. The van der Waals surface area contributed by atoms with Crippen LogP contribution in [0.15, 0.2) is 36.4 Å². The van der Waals surface area contributed by atoms with Crippen molar-refractivity contribution in [3.05, 3.63) is 42.0 Å². The maximum atomic E-state index is 12.7. The molecule has 0 aliphatic heterocycles. The van der Waals surface area contributed by atoms with Crippen molar-refractivity contribution in [2.75, 3.05) is 13.7 Å². The Labute approximate surface area is 125 Å². The molecule has 7 heteroatoms. The highest BCUT2D eigenvalue weighted by Crippen LogP contribution is 2.44. The Morgan fingerprint density at radius 1 is 1.36 bits per heavy atom. The lowest BCUT2D eigenvalue weighted by Gasteiger charge is -2.06. The topological polar surface area (TPSA) is 64.6 Å². The van der Waals surface area contributed by atoms with Crippen LogP contribution < -0.4 is 10.1 Å². The second-order valence-corrected chi connectivity index (χ2v) is 4.73. The molecule has 1 saturated carbocycles. The Hall–Kier alpha value is -2.44. The number of ether oxygens (including phenoxy) is 2. The summed E-state index contributed by atoms with van der Waals surface area (Å²) in [5.74, 6) is -3.31. The van der Waals surface area contributed by atoms with Gasteiger partial charge in [-0.3, -0.25) is 4.79 Å². The average Bonchev–Trinajstić information content (AvgIpc) is 3.10. The summed E-state index contributed by atoms with van der Waals surface area (Å²) in [4.78, 5) is 22.6. The number of halogens is 2. The molecular formula is C15H15F2NO4. The van der Waals surface area contributed by atoms with Crippen LogP contribution in [0.4, 0.5) is 8.78 Å². The number of hydrogen-bond donors (Lipinski definition) is 1. The van der Waals surface area contributed by atoms with Crippen molar-refractivity contribution in [3.63, 3.8) is 0 Å². The molecule has 1 aliphatic rings. The first-order valence-electron chi connectivity index (χ1n) is 6.59. The highest BCUT2D eigenvalue weighted by Gasteiger charge is 2.59. The Bertz CT molecular complexity index is 584. The van der Waals surface area contributed by atoms with E-state index in [1.165, 1.54) is 43.5 Å². The van der Waals surface area contributed by atoms with Crippen LogP contribution in [-0.4, -0.2) is 37.6 Å². The Balaban J connectivity index is 1.81. The number of methoxy groups -OCH3 is 1. The maximum absolute atomic E-state index is 12.7. The molecule has 1 unspecified atom stereocenters. The fourth-order valence-electron chi connectivity index (χ4n) is 1.64.